The van der Waals surface area contributed by atoms with E-state index >= 15 is 0 Å². The Kier molecular flexibility index (Phi) is 3.94. The summed E-state index contributed by atoms with van der Waals surface area (Å²) in [5, 5.41) is 4.41. The number of hydrogen-bond acceptors (Lipinski definition) is 3. The van der Waals surface area contributed by atoms with Gasteiger partial charge in [0.25, 0.3) is 0 Å². The maximum Gasteiger partial charge on any atom is 0.324 e. The van der Waals surface area contributed by atoms with Crippen LogP contribution in [0.4, 0.5) is 10.5 Å². The standard InChI is InChI=1S/C17H25N5O2/c1-19-6-7-21(17(19)24)14-9-18-22(12-14)15-10-20(11-15)16(23)8-13-4-2-3-5-13/h9,12-13,15H,2-8,10-11H2,1H3. The molecule has 1 aromatic heterocycles. The second-order valence-corrected chi connectivity index (χ2v) is 7.34. The van der Waals surface area contributed by atoms with Crippen molar-refractivity contribution >= 4 is 17.6 Å². The molecule has 0 N–H and O–H groups in total. The van der Waals surface area contributed by atoms with Gasteiger partial charge in [-0.3, -0.25) is 14.4 Å². The van der Waals surface area contributed by atoms with E-state index in [1.165, 1.54) is 25.7 Å². The van der Waals surface area contributed by atoms with E-state index in [4.69, 9.17) is 0 Å². The summed E-state index contributed by atoms with van der Waals surface area (Å²) in [7, 11) is 1.81. The summed E-state index contributed by atoms with van der Waals surface area (Å²) in [5.41, 5.74) is 0.847. The van der Waals surface area contributed by atoms with Gasteiger partial charge in [0.2, 0.25) is 5.91 Å². The van der Waals surface area contributed by atoms with Crippen LogP contribution in [0.2, 0.25) is 0 Å². The Balaban J connectivity index is 1.31. The van der Waals surface area contributed by atoms with E-state index in [1.54, 1.807) is 16.0 Å². The van der Waals surface area contributed by atoms with Crippen LogP contribution in [0.3, 0.4) is 0 Å². The summed E-state index contributed by atoms with van der Waals surface area (Å²) in [5.74, 6) is 0.896. The van der Waals surface area contributed by atoms with Gasteiger partial charge in [-0.05, 0) is 18.8 Å². The van der Waals surface area contributed by atoms with Gasteiger partial charge < -0.3 is 9.80 Å². The molecule has 0 aromatic carbocycles. The van der Waals surface area contributed by atoms with Crippen molar-refractivity contribution in [1.29, 1.82) is 0 Å². The van der Waals surface area contributed by atoms with Crippen LogP contribution in [0.25, 0.3) is 0 Å². The largest absolute Gasteiger partial charge is 0.338 e. The van der Waals surface area contributed by atoms with E-state index in [0.29, 0.717) is 24.8 Å². The van der Waals surface area contributed by atoms with E-state index in [9.17, 15) is 9.59 Å². The molecule has 7 heteroatoms. The normalized spacial score (nSPS) is 22.5. The number of anilines is 1. The zero-order chi connectivity index (χ0) is 16.7. The van der Waals surface area contributed by atoms with Crippen LogP contribution in [0, 0.1) is 5.92 Å². The van der Waals surface area contributed by atoms with Crippen LogP contribution in [0.15, 0.2) is 12.4 Å². The summed E-state index contributed by atoms with van der Waals surface area (Å²) < 4.78 is 1.90. The van der Waals surface area contributed by atoms with Crippen LogP contribution in [0.5, 0.6) is 0 Å². The van der Waals surface area contributed by atoms with Crippen molar-refractivity contribution in [2.75, 3.05) is 38.1 Å². The number of likely N-dealkylation sites (N-methyl/N-ethyl adjacent to an activating group) is 1. The third kappa shape index (κ3) is 2.76. The lowest BCUT2D eigenvalue weighted by molar-refractivity contribution is -0.138. The third-order valence-electron chi connectivity index (χ3n) is 5.64. The summed E-state index contributed by atoms with van der Waals surface area (Å²) in [6.07, 6.45) is 9.38. The Morgan fingerprint density at radius 1 is 1.25 bits per heavy atom. The van der Waals surface area contributed by atoms with Gasteiger partial charge in [-0.15, -0.1) is 0 Å². The van der Waals surface area contributed by atoms with Gasteiger partial charge in [-0.2, -0.15) is 5.10 Å². The highest BCUT2D eigenvalue weighted by Crippen LogP contribution is 2.30. The van der Waals surface area contributed by atoms with Crippen LogP contribution < -0.4 is 4.90 Å². The number of nitrogens with zero attached hydrogens (tertiary/aromatic N) is 5. The van der Waals surface area contributed by atoms with E-state index in [-0.39, 0.29) is 12.1 Å². The summed E-state index contributed by atoms with van der Waals surface area (Å²) >= 11 is 0. The van der Waals surface area contributed by atoms with E-state index < -0.39 is 0 Å². The Labute approximate surface area is 142 Å². The Hall–Kier alpha value is -2.05. The molecule has 0 bridgehead atoms. The van der Waals surface area contributed by atoms with Gasteiger partial charge in [0.15, 0.2) is 0 Å². The molecule has 3 aliphatic rings. The van der Waals surface area contributed by atoms with Crippen molar-refractivity contribution in [2.24, 2.45) is 5.92 Å². The number of hydrogen-bond donors (Lipinski definition) is 0. The average molecular weight is 331 g/mol. The Bertz CT molecular complexity index is 631. The minimum atomic E-state index is 0.0246. The molecule has 0 atom stereocenters. The first-order valence-electron chi connectivity index (χ1n) is 8.96. The van der Waals surface area contributed by atoms with Gasteiger partial charge in [0.1, 0.15) is 0 Å². The van der Waals surface area contributed by atoms with E-state index in [0.717, 1.165) is 25.3 Å². The van der Waals surface area contributed by atoms with Crippen LogP contribution in [-0.4, -0.2) is 64.7 Å². The second kappa shape index (κ2) is 6.11. The Morgan fingerprint density at radius 3 is 2.67 bits per heavy atom. The molecule has 4 rings (SSSR count). The first-order valence-corrected chi connectivity index (χ1v) is 8.96. The van der Waals surface area contributed by atoms with Crippen molar-refractivity contribution < 1.29 is 9.59 Å². The lowest BCUT2D eigenvalue weighted by atomic mass is 10.0. The molecular weight excluding hydrogens is 306 g/mol. The predicted octanol–water partition coefficient (Wildman–Crippen LogP) is 1.72. The number of aromatic nitrogens is 2. The fourth-order valence-corrected chi connectivity index (χ4v) is 3.97. The fourth-order valence-electron chi connectivity index (χ4n) is 3.97. The minimum Gasteiger partial charge on any atom is -0.338 e. The molecule has 1 aliphatic carbocycles. The number of rotatable bonds is 4. The van der Waals surface area contributed by atoms with Gasteiger partial charge in [-0.1, -0.05) is 12.8 Å². The highest BCUT2D eigenvalue weighted by molar-refractivity contribution is 5.93. The first kappa shape index (κ1) is 15.5. The summed E-state index contributed by atoms with van der Waals surface area (Å²) in [4.78, 5) is 29.7. The molecule has 1 saturated carbocycles. The molecule has 7 nitrogen and oxygen atoms in total. The lowest BCUT2D eigenvalue weighted by Gasteiger charge is -2.39. The van der Waals surface area contributed by atoms with Crippen LogP contribution in [-0.2, 0) is 4.79 Å². The van der Waals surface area contributed by atoms with Crippen molar-refractivity contribution in [3.63, 3.8) is 0 Å². The van der Waals surface area contributed by atoms with E-state index in [2.05, 4.69) is 5.10 Å². The molecule has 1 aromatic rings. The maximum absolute atomic E-state index is 12.3. The van der Waals surface area contributed by atoms with Gasteiger partial charge >= 0.3 is 6.03 Å². The molecule has 2 aliphatic heterocycles. The monoisotopic (exact) mass is 331 g/mol. The lowest BCUT2D eigenvalue weighted by Crippen LogP contribution is -2.51. The molecule has 3 amide bonds. The van der Waals surface area contributed by atoms with Crippen molar-refractivity contribution in [3.8, 4) is 0 Å². The highest BCUT2D eigenvalue weighted by atomic mass is 16.2. The maximum atomic E-state index is 12.3. The van der Waals surface area contributed by atoms with Gasteiger partial charge in [0, 0.05) is 45.8 Å². The number of likely N-dealkylation sites (tertiary alicyclic amines) is 1. The molecule has 0 unspecified atom stereocenters. The third-order valence-corrected chi connectivity index (χ3v) is 5.64. The smallest absolute Gasteiger partial charge is 0.324 e. The van der Waals surface area contributed by atoms with Crippen molar-refractivity contribution in [1.82, 2.24) is 19.6 Å². The van der Waals surface area contributed by atoms with E-state index in [1.807, 2.05) is 22.8 Å². The van der Waals surface area contributed by atoms with Crippen LogP contribution >= 0.6 is 0 Å². The Morgan fingerprint density at radius 2 is 2.00 bits per heavy atom. The molecule has 0 radical (unpaired) electrons. The zero-order valence-corrected chi connectivity index (χ0v) is 14.2. The predicted molar refractivity (Wildman–Crippen MR) is 89.8 cm³/mol. The molecular formula is C17H25N5O2. The SMILES string of the molecule is CN1CCN(c2cnn(C3CN(C(=O)CC4CCCC4)C3)c2)C1=O. The molecule has 130 valence electrons. The van der Waals surface area contributed by atoms with Gasteiger partial charge in [-0.25, -0.2) is 4.79 Å². The molecule has 3 heterocycles. The molecule has 2 saturated heterocycles. The topological polar surface area (TPSA) is 61.7 Å². The fraction of sp³-hybridized carbons (Fsp3) is 0.706. The number of carbonyl (C=O) groups is 2. The second-order valence-electron chi connectivity index (χ2n) is 7.34. The zero-order valence-electron chi connectivity index (χ0n) is 14.2. The van der Waals surface area contributed by atoms with Crippen molar-refractivity contribution in [3.05, 3.63) is 12.4 Å². The summed E-state index contributed by atoms with van der Waals surface area (Å²) in [6.45, 7) is 2.93. The quantitative estimate of drug-likeness (QED) is 0.844. The molecule has 3 fully saturated rings. The van der Waals surface area contributed by atoms with Gasteiger partial charge in [0.05, 0.1) is 17.9 Å². The number of carbonyl (C=O) groups excluding carboxylic acids is 2. The van der Waals surface area contributed by atoms with Crippen LogP contribution in [0.1, 0.15) is 38.1 Å². The first-order chi connectivity index (χ1) is 11.6. The highest BCUT2D eigenvalue weighted by Gasteiger charge is 2.34. The number of urea groups is 1. The minimum absolute atomic E-state index is 0.0246. The average Bonchev–Trinajstić information content (AvgIpc) is 3.22. The number of amides is 3. The summed E-state index contributed by atoms with van der Waals surface area (Å²) in [6, 6.07) is 0.262. The molecule has 24 heavy (non-hydrogen) atoms. The van der Waals surface area contributed by atoms with Crippen molar-refractivity contribution in [2.45, 2.75) is 38.1 Å². The molecule has 0 spiro atoms.